The molecule has 18 heavy (non-hydrogen) atoms. The predicted molar refractivity (Wildman–Crippen MR) is 66.7 cm³/mol. The normalized spacial score (nSPS) is 10.2. The lowest BCUT2D eigenvalue weighted by atomic mass is 10.2. The summed E-state index contributed by atoms with van der Waals surface area (Å²) >= 11 is 0. The van der Waals surface area contributed by atoms with Crippen LogP contribution in [0.15, 0.2) is 45.2 Å². The van der Waals surface area contributed by atoms with Gasteiger partial charge in [-0.2, -0.15) is 0 Å². The van der Waals surface area contributed by atoms with Crippen molar-refractivity contribution in [3.8, 4) is 0 Å². The van der Waals surface area contributed by atoms with Gasteiger partial charge >= 0.3 is 5.69 Å². The van der Waals surface area contributed by atoms with Crippen LogP contribution in [0.2, 0.25) is 0 Å². The van der Waals surface area contributed by atoms with Crippen LogP contribution in [0.5, 0.6) is 0 Å². The third kappa shape index (κ3) is 2.05. The minimum atomic E-state index is -0.739. The molecule has 0 aliphatic carbocycles. The van der Waals surface area contributed by atoms with E-state index in [0.717, 1.165) is 10.8 Å². The Morgan fingerprint density at radius 1 is 1.28 bits per heavy atom. The van der Waals surface area contributed by atoms with Crippen molar-refractivity contribution < 1.29 is 0 Å². The number of hydrogen-bond acceptors (Lipinski definition) is 5. The van der Waals surface area contributed by atoms with Gasteiger partial charge in [0.25, 0.3) is 5.56 Å². The van der Waals surface area contributed by atoms with Gasteiger partial charge in [-0.15, -0.1) is 4.91 Å². The molecule has 2 aromatic rings. The monoisotopic (exact) mass is 246 g/mol. The van der Waals surface area contributed by atoms with Gasteiger partial charge < -0.3 is 10.7 Å². The van der Waals surface area contributed by atoms with Crippen LogP contribution in [0.1, 0.15) is 5.56 Å². The molecule has 0 radical (unpaired) electrons. The van der Waals surface area contributed by atoms with Crippen molar-refractivity contribution in [2.24, 2.45) is 5.18 Å². The number of aromatic nitrogens is 2. The molecule has 3 N–H and O–H groups in total. The third-order valence-corrected chi connectivity index (χ3v) is 2.52. The maximum atomic E-state index is 11.7. The van der Waals surface area contributed by atoms with Crippen molar-refractivity contribution in [2.75, 3.05) is 5.73 Å². The number of nitroso groups, excluding NO2 is 1. The summed E-state index contributed by atoms with van der Waals surface area (Å²) in [5.41, 5.74) is 5.11. The van der Waals surface area contributed by atoms with Crippen molar-refractivity contribution in [1.29, 1.82) is 0 Å². The van der Waals surface area contributed by atoms with E-state index in [2.05, 4.69) is 10.2 Å². The van der Waals surface area contributed by atoms with E-state index < -0.39 is 11.2 Å². The van der Waals surface area contributed by atoms with E-state index in [1.807, 2.05) is 0 Å². The van der Waals surface area contributed by atoms with Gasteiger partial charge in [0.1, 0.15) is 0 Å². The van der Waals surface area contributed by atoms with Gasteiger partial charge in [-0.05, 0) is 16.8 Å². The molecule has 1 heterocycles. The summed E-state index contributed by atoms with van der Waals surface area (Å²) in [5, 5.41) is 2.55. The quantitative estimate of drug-likeness (QED) is 0.609. The van der Waals surface area contributed by atoms with Crippen LogP contribution in [0.3, 0.4) is 0 Å². The third-order valence-electron chi connectivity index (χ3n) is 2.52. The highest BCUT2D eigenvalue weighted by atomic mass is 16.3. The highest BCUT2D eigenvalue weighted by molar-refractivity contribution is 5.46. The average Bonchev–Trinajstić information content (AvgIpc) is 2.37. The van der Waals surface area contributed by atoms with E-state index in [1.165, 1.54) is 0 Å². The fraction of sp³-hybridized carbons (Fsp3) is 0.0909. The number of aromatic amines is 1. The number of benzene rings is 1. The first kappa shape index (κ1) is 11.8. The van der Waals surface area contributed by atoms with Crippen LogP contribution in [0.25, 0.3) is 0 Å². The Labute approximate surface area is 101 Å². The molecule has 0 spiro atoms. The van der Waals surface area contributed by atoms with Crippen molar-refractivity contribution in [3.05, 3.63) is 61.8 Å². The first-order valence-electron chi connectivity index (χ1n) is 5.12. The Kier molecular flexibility index (Phi) is 3.05. The Hall–Kier alpha value is -2.70. The molecule has 0 bridgehead atoms. The predicted octanol–water partition coefficient (Wildman–Crippen LogP) is 0.565. The molecule has 0 fully saturated rings. The molecule has 92 valence electrons. The van der Waals surface area contributed by atoms with E-state index in [4.69, 9.17) is 5.73 Å². The number of rotatable bonds is 3. The Morgan fingerprint density at radius 3 is 2.67 bits per heavy atom. The number of nitrogens with one attached hydrogen (secondary N) is 1. The summed E-state index contributed by atoms with van der Waals surface area (Å²) in [6, 6.07) is 6.85. The molecule has 0 aliphatic rings. The van der Waals surface area contributed by atoms with E-state index in [-0.39, 0.29) is 12.2 Å². The van der Waals surface area contributed by atoms with Crippen LogP contribution in [0, 0.1) is 4.91 Å². The topological polar surface area (TPSA) is 110 Å². The second-order valence-electron chi connectivity index (χ2n) is 3.66. The summed E-state index contributed by atoms with van der Waals surface area (Å²) < 4.78 is 0.877. The Bertz CT molecular complexity index is 702. The van der Waals surface area contributed by atoms with Crippen LogP contribution in [-0.2, 0) is 6.54 Å². The molecule has 0 amide bonds. The van der Waals surface area contributed by atoms with Crippen LogP contribution in [0.4, 0.5) is 11.4 Å². The van der Waals surface area contributed by atoms with Crippen molar-refractivity contribution >= 4 is 11.4 Å². The van der Waals surface area contributed by atoms with Crippen molar-refractivity contribution in [1.82, 2.24) is 9.55 Å². The number of H-pyrrole nitrogens is 1. The minimum absolute atomic E-state index is 0.00972. The van der Waals surface area contributed by atoms with Gasteiger partial charge in [0, 0.05) is 11.9 Å². The number of nitrogens with zero attached hydrogens (tertiary/aromatic N) is 2. The minimum Gasteiger partial charge on any atom is -0.398 e. The average molecular weight is 246 g/mol. The zero-order valence-electron chi connectivity index (χ0n) is 9.29. The highest BCUT2D eigenvalue weighted by Crippen LogP contribution is 2.10. The first-order valence-corrected chi connectivity index (χ1v) is 5.12. The standard InChI is InChI=1S/C11H10N4O3/c12-8-4-2-1-3-7(8)6-15-10(16)9(14-18)5-13-11(15)17/h1-5H,6,12H2,(H,13,17). The summed E-state index contributed by atoms with van der Waals surface area (Å²) in [7, 11) is 0. The second-order valence-corrected chi connectivity index (χ2v) is 3.66. The SMILES string of the molecule is Nc1ccccc1Cn1c(=O)[nH]cc(N=O)c1=O. The number of nitrogens with two attached hydrogens (primary N) is 1. The summed E-state index contributed by atoms with van der Waals surface area (Å²) in [6.45, 7) is -0.00972. The smallest absolute Gasteiger partial charge is 0.328 e. The lowest BCUT2D eigenvalue weighted by Crippen LogP contribution is -2.34. The highest BCUT2D eigenvalue weighted by Gasteiger charge is 2.09. The second kappa shape index (κ2) is 4.66. The number of para-hydroxylation sites is 1. The molecule has 0 atom stereocenters. The fourth-order valence-electron chi connectivity index (χ4n) is 1.56. The van der Waals surface area contributed by atoms with Gasteiger partial charge in [-0.1, -0.05) is 18.2 Å². The van der Waals surface area contributed by atoms with Crippen molar-refractivity contribution in [3.63, 3.8) is 0 Å². The summed E-state index contributed by atoms with van der Waals surface area (Å²) in [4.78, 5) is 36.0. The molecular weight excluding hydrogens is 236 g/mol. The number of nitrogen functional groups attached to an aromatic ring is 1. The molecule has 0 aliphatic heterocycles. The largest absolute Gasteiger partial charge is 0.398 e. The first-order chi connectivity index (χ1) is 8.63. The lowest BCUT2D eigenvalue weighted by molar-refractivity contribution is 0.701. The zero-order valence-corrected chi connectivity index (χ0v) is 9.29. The van der Waals surface area contributed by atoms with E-state index >= 15 is 0 Å². The summed E-state index contributed by atoms with van der Waals surface area (Å²) in [6.07, 6.45) is 0.989. The van der Waals surface area contributed by atoms with E-state index in [1.54, 1.807) is 24.3 Å². The van der Waals surface area contributed by atoms with Gasteiger partial charge in [0.2, 0.25) is 0 Å². The Balaban J connectivity index is 2.54. The number of hydrogen-bond donors (Lipinski definition) is 2. The molecule has 0 unspecified atom stereocenters. The van der Waals surface area contributed by atoms with Crippen molar-refractivity contribution in [2.45, 2.75) is 6.54 Å². The number of anilines is 1. The molecular formula is C11H10N4O3. The van der Waals surface area contributed by atoms with Gasteiger partial charge in [-0.3, -0.25) is 9.36 Å². The van der Waals surface area contributed by atoms with Gasteiger partial charge in [-0.25, -0.2) is 4.79 Å². The fourth-order valence-corrected chi connectivity index (χ4v) is 1.56. The maximum Gasteiger partial charge on any atom is 0.328 e. The molecule has 0 saturated heterocycles. The molecule has 1 aromatic carbocycles. The van der Waals surface area contributed by atoms with Crippen LogP contribution < -0.4 is 17.0 Å². The zero-order chi connectivity index (χ0) is 13.1. The van der Waals surface area contributed by atoms with Gasteiger partial charge in [0.15, 0.2) is 5.69 Å². The molecule has 7 heteroatoms. The molecule has 1 aromatic heterocycles. The molecule has 0 saturated carbocycles. The van der Waals surface area contributed by atoms with E-state index in [0.29, 0.717) is 11.3 Å². The summed E-state index contributed by atoms with van der Waals surface area (Å²) in [5.74, 6) is 0. The maximum absolute atomic E-state index is 11.7. The van der Waals surface area contributed by atoms with Crippen LogP contribution >= 0.6 is 0 Å². The Morgan fingerprint density at radius 2 is 2.00 bits per heavy atom. The molecule has 7 nitrogen and oxygen atoms in total. The van der Waals surface area contributed by atoms with E-state index in [9.17, 15) is 14.5 Å². The van der Waals surface area contributed by atoms with Gasteiger partial charge in [0.05, 0.1) is 6.54 Å². The van der Waals surface area contributed by atoms with Crippen LogP contribution in [-0.4, -0.2) is 9.55 Å². The molecule has 2 rings (SSSR count). The lowest BCUT2D eigenvalue weighted by Gasteiger charge is -2.07.